The van der Waals surface area contributed by atoms with Crippen molar-refractivity contribution in [2.75, 3.05) is 6.61 Å². The molecule has 7 heteroatoms. The van der Waals surface area contributed by atoms with Crippen molar-refractivity contribution in [2.24, 2.45) is 0 Å². The molecule has 0 aliphatic carbocycles. The predicted molar refractivity (Wildman–Crippen MR) is 76.8 cm³/mol. The lowest BCUT2D eigenvalue weighted by Crippen LogP contribution is -2.21. The summed E-state index contributed by atoms with van der Waals surface area (Å²) >= 11 is 0. The average molecular weight is 310 g/mol. The summed E-state index contributed by atoms with van der Waals surface area (Å²) < 4.78 is 40.7. The molecule has 1 aromatic carbocycles. The lowest BCUT2D eigenvalue weighted by molar-refractivity contribution is -0.137. The van der Waals surface area contributed by atoms with Gasteiger partial charge in [-0.05, 0) is 18.9 Å². The summed E-state index contributed by atoms with van der Waals surface area (Å²) in [5, 5.41) is 9.23. The normalized spacial score (nSPS) is 12.4. The molecule has 2 aromatic heterocycles. The van der Waals surface area contributed by atoms with Crippen molar-refractivity contribution in [1.29, 1.82) is 0 Å². The second kappa shape index (κ2) is 5.17. The van der Waals surface area contributed by atoms with Crippen LogP contribution in [-0.2, 0) is 12.6 Å². The third-order valence-electron chi connectivity index (χ3n) is 3.64. The second-order valence-corrected chi connectivity index (χ2v) is 5.05. The number of para-hydroxylation sites is 1. The van der Waals surface area contributed by atoms with E-state index < -0.39 is 17.3 Å². The molecule has 0 fully saturated rings. The number of hydrogen-bond acceptors (Lipinski definition) is 2. The molecular formula is C15H13F3N2O2. The SMILES string of the molecule is O=c1[nH]c2[nH]c3ccccc3c2c(C(F)(F)F)c1CCCO. The van der Waals surface area contributed by atoms with E-state index in [-0.39, 0.29) is 36.0 Å². The Hall–Kier alpha value is -2.28. The van der Waals surface area contributed by atoms with E-state index in [9.17, 15) is 18.0 Å². The first-order valence-electron chi connectivity index (χ1n) is 6.77. The number of aliphatic hydroxyl groups is 1. The Bertz CT molecular complexity index is 893. The van der Waals surface area contributed by atoms with Gasteiger partial charge in [0, 0.05) is 28.5 Å². The zero-order valence-electron chi connectivity index (χ0n) is 11.4. The highest BCUT2D eigenvalue weighted by atomic mass is 19.4. The topological polar surface area (TPSA) is 68.9 Å². The number of H-pyrrole nitrogens is 2. The summed E-state index contributed by atoms with van der Waals surface area (Å²) in [5.74, 6) is 0. The second-order valence-electron chi connectivity index (χ2n) is 5.05. The molecule has 0 aliphatic heterocycles. The fourth-order valence-corrected chi connectivity index (χ4v) is 2.76. The van der Waals surface area contributed by atoms with Gasteiger partial charge in [-0.1, -0.05) is 18.2 Å². The van der Waals surface area contributed by atoms with E-state index in [1.54, 1.807) is 24.3 Å². The van der Waals surface area contributed by atoms with Gasteiger partial charge < -0.3 is 15.1 Å². The highest BCUT2D eigenvalue weighted by Crippen LogP contribution is 2.39. The molecule has 4 nitrogen and oxygen atoms in total. The van der Waals surface area contributed by atoms with E-state index in [1.807, 2.05) is 0 Å². The first-order chi connectivity index (χ1) is 10.4. The van der Waals surface area contributed by atoms with Gasteiger partial charge in [-0.3, -0.25) is 4.79 Å². The summed E-state index contributed by atoms with van der Waals surface area (Å²) in [7, 11) is 0. The minimum absolute atomic E-state index is 0.0318. The van der Waals surface area contributed by atoms with Crippen LogP contribution in [0.15, 0.2) is 29.1 Å². The number of halogens is 3. The molecule has 0 spiro atoms. The van der Waals surface area contributed by atoms with Crippen LogP contribution in [0, 0.1) is 0 Å². The summed E-state index contributed by atoms with van der Waals surface area (Å²) in [5.41, 5.74) is -1.44. The van der Waals surface area contributed by atoms with Gasteiger partial charge in [-0.2, -0.15) is 13.2 Å². The van der Waals surface area contributed by atoms with Crippen LogP contribution in [0.1, 0.15) is 17.5 Å². The van der Waals surface area contributed by atoms with E-state index >= 15 is 0 Å². The van der Waals surface area contributed by atoms with Crippen LogP contribution in [-0.4, -0.2) is 21.7 Å². The van der Waals surface area contributed by atoms with E-state index in [0.29, 0.717) is 10.9 Å². The summed E-state index contributed by atoms with van der Waals surface area (Å²) in [6.45, 7) is -0.275. The van der Waals surface area contributed by atoms with Gasteiger partial charge in [0.25, 0.3) is 5.56 Å². The first-order valence-corrected chi connectivity index (χ1v) is 6.77. The Labute approximate surface area is 122 Å². The van der Waals surface area contributed by atoms with Crippen molar-refractivity contribution in [3.05, 3.63) is 45.7 Å². The maximum absolute atomic E-state index is 13.6. The van der Waals surface area contributed by atoms with Gasteiger partial charge in [-0.25, -0.2) is 0 Å². The highest BCUT2D eigenvalue weighted by Gasteiger charge is 2.37. The fraction of sp³-hybridized carbons (Fsp3) is 0.267. The Morgan fingerprint density at radius 1 is 1.14 bits per heavy atom. The molecule has 0 radical (unpaired) electrons. The van der Waals surface area contributed by atoms with Gasteiger partial charge in [0.2, 0.25) is 0 Å². The van der Waals surface area contributed by atoms with Gasteiger partial charge in [0.15, 0.2) is 0 Å². The summed E-state index contributed by atoms with van der Waals surface area (Å²) in [6.07, 6.45) is -4.68. The molecular weight excluding hydrogens is 297 g/mol. The molecule has 3 N–H and O–H groups in total. The summed E-state index contributed by atoms with van der Waals surface area (Å²) in [4.78, 5) is 17.3. The van der Waals surface area contributed by atoms with Gasteiger partial charge in [-0.15, -0.1) is 0 Å². The molecule has 0 amide bonds. The highest BCUT2D eigenvalue weighted by molar-refractivity contribution is 6.08. The van der Waals surface area contributed by atoms with E-state index in [2.05, 4.69) is 9.97 Å². The fourth-order valence-electron chi connectivity index (χ4n) is 2.76. The number of aliphatic hydroxyl groups excluding tert-OH is 1. The average Bonchev–Trinajstić information content (AvgIpc) is 2.80. The minimum Gasteiger partial charge on any atom is -0.396 e. The number of alkyl halides is 3. The van der Waals surface area contributed by atoms with Gasteiger partial charge in [0.05, 0.1) is 5.56 Å². The lowest BCUT2D eigenvalue weighted by atomic mass is 10.00. The Morgan fingerprint density at radius 3 is 2.55 bits per heavy atom. The van der Waals surface area contributed by atoms with E-state index in [1.165, 1.54) is 0 Å². The number of benzene rings is 1. The Balaban J connectivity index is 2.46. The standard InChI is InChI=1S/C15H13F3N2O2/c16-15(17,18)12-9(5-3-7-21)14(22)20-13-11(12)8-4-1-2-6-10(8)19-13/h1-2,4,6,21H,3,5,7H2,(H2,19,20,22). The zero-order chi connectivity index (χ0) is 15.9. The number of hydrogen-bond donors (Lipinski definition) is 3. The quantitative estimate of drug-likeness (QED) is 0.696. The maximum atomic E-state index is 13.6. The predicted octanol–water partition coefficient (Wildman–Crippen LogP) is 2.95. The molecule has 0 bridgehead atoms. The van der Waals surface area contributed by atoms with Crippen molar-refractivity contribution >= 4 is 21.9 Å². The molecule has 0 aliphatic rings. The summed E-state index contributed by atoms with van der Waals surface area (Å²) in [6, 6.07) is 6.59. The molecule has 3 aromatic rings. The van der Waals surface area contributed by atoms with Crippen LogP contribution in [0.25, 0.3) is 21.9 Å². The van der Waals surface area contributed by atoms with Crippen LogP contribution in [0.2, 0.25) is 0 Å². The van der Waals surface area contributed by atoms with Crippen LogP contribution in [0.3, 0.4) is 0 Å². The monoisotopic (exact) mass is 310 g/mol. The third kappa shape index (κ3) is 2.27. The van der Waals surface area contributed by atoms with Gasteiger partial charge >= 0.3 is 6.18 Å². The van der Waals surface area contributed by atoms with Crippen molar-refractivity contribution in [2.45, 2.75) is 19.0 Å². The first kappa shape index (κ1) is 14.6. The number of pyridine rings is 1. The molecule has 22 heavy (non-hydrogen) atoms. The third-order valence-corrected chi connectivity index (χ3v) is 3.64. The number of nitrogens with one attached hydrogen (secondary N) is 2. The maximum Gasteiger partial charge on any atom is 0.417 e. The van der Waals surface area contributed by atoms with Crippen LogP contribution < -0.4 is 5.56 Å². The molecule has 0 saturated heterocycles. The molecule has 116 valence electrons. The number of aromatic amines is 2. The van der Waals surface area contributed by atoms with E-state index in [0.717, 1.165) is 0 Å². The molecule has 0 atom stereocenters. The lowest BCUT2D eigenvalue weighted by Gasteiger charge is -2.13. The number of fused-ring (bicyclic) bond motifs is 3. The molecule has 3 rings (SSSR count). The largest absolute Gasteiger partial charge is 0.417 e. The molecule has 0 unspecified atom stereocenters. The van der Waals surface area contributed by atoms with Crippen LogP contribution in [0.5, 0.6) is 0 Å². The van der Waals surface area contributed by atoms with Crippen LogP contribution >= 0.6 is 0 Å². The molecule has 2 heterocycles. The molecule has 0 saturated carbocycles. The van der Waals surface area contributed by atoms with Crippen molar-refractivity contribution < 1.29 is 18.3 Å². The smallest absolute Gasteiger partial charge is 0.396 e. The van der Waals surface area contributed by atoms with Gasteiger partial charge in [0.1, 0.15) is 5.65 Å². The number of rotatable bonds is 3. The van der Waals surface area contributed by atoms with E-state index in [4.69, 9.17) is 5.11 Å². The van der Waals surface area contributed by atoms with Crippen molar-refractivity contribution in [3.63, 3.8) is 0 Å². The van der Waals surface area contributed by atoms with Crippen molar-refractivity contribution in [1.82, 2.24) is 9.97 Å². The minimum atomic E-state index is -4.65. The Kier molecular flexibility index (Phi) is 3.44. The Morgan fingerprint density at radius 2 is 1.86 bits per heavy atom. The van der Waals surface area contributed by atoms with Crippen LogP contribution in [0.4, 0.5) is 13.2 Å². The van der Waals surface area contributed by atoms with Crippen molar-refractivity contribution in [3.8, 4) is 0 Å². The number of aromatic nitrogens is 2. The zero-order valence-corrected chi connectivity index (χ0v) is 11.4.